The zero-order valence-corrected chi connectivity index (χ0v) is 20.2. The van der Waals surface area contributed by atoms with Crippen LogP contribution in [0.25, 0.3) is 33.5 Å². The second-order valence-electron chi connectivity index (χ2n) is 8.81. The molecule has 2 aromatic heterocycles. The van der Waals surface area contributed by atoms with Crippen molar-refractivity contribution in [3.05, 3.63) is 130 Å². The van der Waals surface area contributed by atoms with Crippen molar-refractivity contribution in [2.24, 2.45) is 5.10 Å². The lowest BCUT2D eigenvalue weighted by Gasteiger charge is -2.08. The van der Waals surface area contributed by atoms with Crippen molar-refractivity contribution in [3.63, 3.8) is 0 Å². The van der Waals surface area contributed by atoms with Crippen molar-refractivity contribution in [2.75, 3.05) is 0 Å². The van der Waals surface area contributed by atoms with E-state index in [1.807, 2.05) is 84.9 Å². The first-order valence-corrected chi connectivity index (χ1v) is 12.0. The summed E-state index contributed by atoms with van der Waals surface area (Å²) in [6.07, 6.45) is 1.63. The fraction of sp³-hybridized carbons (Fsp3) is 0.0645. The van der Waals surface area contributed by atoms with Crippen LogP contribution < -0.4 is 10.3 Å². The average Bonchev–Trinajstić information content (AvgIpc) is 3.36. The van der Waals surface area contributed by atoms with Crippen LogP contribution in [-0.4, -0.2) is 15.9 Å². The van der Waals surface area contributed by atoms with E-state index in [1.165, 1.54) is 10.2 Å². The number of para-hydroxylation sites is 2. The summed E-state index contributed by atoms with van der Waals surface area (Å²) >= 11 is 0. The number of fused-ring (bicyclic) bond motifs is 2. The molecular weight excluding hydrogens is 462 g/mol. The van der Waals surface area contributed by atoms with Gasteiger partial charge >= 0.3 is 0 Å². The molecule has 4 aromatic carbocycles. The second kappa shape index (κ2) is 9.59. The second-order valence-corrected chi connectivity index (χ2v) is 8.81. The smallest absolute Gasteiger partial charge is 0.282 e. The third-order valence-corrected chi connectivity index (χ3v) is 6.09. The van der Waals surface area contributed by atoms with E-state index in [2.05, 4.69) is 24.2 Å². The Morgan fingerprint density at radius 1 is 0.919 bits per heavy atom. The van der Waals surface area contributed by atoms with E-state index in [4.69, 9.17) is 14.1 Å². The minimum absolute atomic E-state index is 0.268. The predicted octanol–water partition coefficient (Wildman–Crippen LogP) is 6.58. The highest BCUT2D eigenvalue weighted by atomic mass is 16.5. The van der Waals surface area contributed by atoms with Crippen molar-refractivity contribution in [1.82, 2.24) is 9.66 Å². The van der Waals surface area contributed by atoms with E-state index in [0.717, 1.165) is 27.8 Å². The Morgan fingerprint density at radius 3 is 2.57 bits per heavy atom. The van der Waals surface area contributed by atoms with Crippen LogP contribution in [0.4, 0.5) is 0 Å². The molecule has 0 aliphatic heterocycles. The molecule has 0 bridgehead atoms. The summed E-state index contributed by atoms with van der Waals surface area (Å²) in [5, 5.41) is 5.93. The number of aromatic nitrogens is 2. The number of ether oxygens (including phenoxy) is 1. The lowest BCUT2D eigenvalue weighted by atomic mass is 10.1. The van der Waals surface area contributed by atoms with Crippen LogP contribution >= 0.6 is 0 Å². The van der Waals surface area contributed by atoms with Crippen LogP contribution in [0.3, 0.4) is 0 Å². The first-order chi connectivity index (χ1) is 18.1. The summed E-state index contributed by atoms with van der Waals surface area (Å²) in [5.74, 6) is 1.57. The Balaban J connectivity index is 1.32. The molecule has 0 unspecified atom stereocenters. The van der Waals surface area contributed by atoms with Crippen LogP contribution in [0.5, 0.6) is 5.75 Å². The molecule has 6 aromatic rings. The van der Waals surface area contributed by atoms with Crippen molar-refractivity contribution >= 4 is 28.1 Å². The molecule has 180 valence electrons. The molecule has 0 saturated carbocycles. The van der Waals surface area contributed by atoms with Crippen molar-refractivity contribution in [2.45, 2.75) is 13.5 Å². The van der Waals surface area contributed by atoms with Gasteiger partial charge < -0.3 is 9.15 Å². The molecule has 6 nitrogen and oxygen atoms in total. The molecule has 0 spiro atoms. The van der Waals surface area contributed by atoms with Gasteiger partial charge in [0.25, 0.3) is 5.56 Å². The molecule has 37 heavy (non-hydrogen) atoms. The summed E-state index contributed by atoms with van der Waals surface area (Å²) in [5.41, 5.74) is 4.18. The molecule has 0 saturated heterocycles. The van der Waals surface area contributed by atoms with Gasteiger partial charge in [0.2, 0.25) is 5.82 Å². The zero-order valence-electron chi connectivity index (χ0n) is 20.2. The van der Waals surface area contributed by atoms with Gasteiger partial charge in [-0.05, 0) is 66.6 Å². The molecule has 0 atom stereocenters. The van der Waals surface area contributed by atoms with Gasteiger partial charge in [0, 0.05) is 5.39 Å². The molecule has 0 aliphatic rings. The first-order valence-electron chi connectivity index (χ1n) is 12.0. The monoisotopic (exact) mass is 485 g/mol. The lowest BCUT2D eigenvalue weighted by molar-refractivity contribution is 0.306. The lowest BCUT2D eigenvalue weighted by Crippen LogP contribution is -2.20. The predicted molar refractivity (Wildman–Crippen MR) is 146 cm³/mol. The molecule has 0 aliphatic carbocycles. The number of hydrogen-bond donors (Lipinski definition) is 0. The maximum atomic E-state index is 13.4. The normalized spacial score (nSPS) is 11.5. The summed E-state index contributed by atoms with van der Waals surface area (Å²) < 4.78 is 13.2. The van der Waals surface area contributed by atoms with E-state index in [1.54, 1.807) is 12.3 Å². The Bertz CT molecular complexity index is 1780. The Hall–Kier alpha value is -4.97. The summed E-state index contributed by atoms with van der Waals surface area (Å²) in [6.45, 7) is 2.56. The van der Waals surface area contributed by atoms with E-state index in [0.29, 0.717) is 29.1 Å². The van der Waals surface area contributed by atoms with Crippen LogP contribution in [0, 0.1) is 6.92 Å². The maximum Gasteiger partial charge on any atom is 0.282 e. The molecule has 0 amide bonds. The number of aryl methyl sites for hydroxylation is 1. The number of benzene rings is 4. The number of nitrogens with zero attached hydrogens (tertiary/aromatic N) is 3. The van der Waals surface area contributed by atoms with E-state index >= 15 is 0 Å². The van der Waals surface area contributed by atoms with Gasteiger partial charge in [-0.1, -0.05) is 60.2 Å². The van der Waals surface area contributed by atoms with Crippen LogP contribution in [0.2, 0.25) is 0 Å². The number of furan rings is 1. The highest BCUT2D eigenvalue weighted by molar-refractivity contribution is 5.84. The van der Waals surface area contributed by atoms with Gasteiger partial charge in [0.15, 0.2) is 5.76 Å². The summed E-state index contributed by atoms with van der Waals surface area (Å²) in [6, 6.07) is 32.6. The third-order valence-electron chi connectivity index (χ3n) is 6.09. The summed E-state index contributed by atoms with van der Waals surface area (Å²) in [4.78, 5) is 18.1. The van der Waals surface area contributed by atoms with Gasteiger partial charge in [-0.3, -0.25) is 4.79 Å². The minimum atomic E-state index is -0.268. The van der Waals surface area contributed by atoms with Crippen LogP contribution in [0.1, 0.15) is 16.7 Å². The molecular formula is C31H23N3O3. The fourth-order valence-corrected chi connectivity index (χ4v) is 4.23. The van der Waals surface area contributed by atoms with Gasteiger partial charge in [0.05, 0.1) is 17.1 Å². The number of rotatable bonds is 6. The topological polar surface area (TPSA) is 69.6 Å². The molecule has 0 fully saturated rings. The van der Waals surface area contributed by atoms with E-state index in [9.17, 15) is 4.79 Å². The zero-order chi connectivity index (χ0) is 25.2. The van der Waals surface area contributed by atoms with Gasteiger partial charge in [-0.25, -0.2) is 4.98 Å². The van der Waals surface area contributed by atoms with Crippen LogP contribution in [0.15, 0.2) is 117 Å². The average molecular weight is 486 g/mol. The SMILES string of the molecule is Cc1cccc(COc2ccc(C=Nn3c(-c4cc5ccccc5o4)nc4ccccc4c3=O)cc2)c1. The fourth-order valence-electron chi connectivity index (χ4n) is 4.23. The van der Waals surface area contributed by atoms with Crippen LogP contribution in [-0.2, 0) is 6.61 Å². The third kappa shape index (κ3) is 4.65. The standard InChI is InChI=1S/C31H23N3O3/c1-21-7-6-8-23(17-21)20-36-25-15-13-22(14-16-25)19-32-34-30(29-18-24-9-2-5-12-28(24)37-29)33-27-11-4-3-10-26(27)31(34)35/h2-19H,20H2,1H3. The first kappa shape index (κ1) is 22.5. The molecule has 6 heteroatoms. The van der Waals surface area contributed by atoms with Crippen molar-refractivity contribution in [3.8, 4) is 17.3 Å². The Labute approximate surface area is 213 Å². The molecule has 2 heterocycles. The van der Waals surface area contributed by atoms with Gasteiger partial charge in [0.1, 0.15) is 17.9 Å². The summed E-state index contributed by atoms with van der Waals surface area (Å²) in [7, 11) is 0. The van der Waals surface area contributed by atoms with Gasteiger partial charge in [-0.15, -0.1) is 0 Å². The highest BCUT2D eigenvalue weighted by Crippen LogP contribution is 2.27. The number of hydrogen-bond acceptors (Lipinski definition) is 5. The largest absolute Gasteiger partial charge is 0.489 e. The Kier molecular flexibility index (Phi) is 5.83. The maximum absolute atomic E-state index is 13.4. The van der Waals surface area contributed by atoms with Gasteiger partial charge in [-0.2, -0.15) is 9.78 Å². The van der Waals surface area contributed by atoms with E-state index < -0.39 is 0 Å². The molecule has 6 rings (SSSR count). The van der Waals surface area contributed by atoms with Crippen molar-refractivity contribution in [1.29, 1.82) is 0 Å². The molecule has 0 N–H and O–H groups in total. The quantitative estimate of drug-likeness (QED) is 0.250. The highest BCUT2D eigenvalue weighted by Gasteiger charge is 2.16. The van der Waals surface area contributed by atoms with E-state index in [-0.39, 0.29) is 5.56 Å². The minimum Gasteiger partial charge on any atom is -0.489 e. The molecule has 0 radical (unpaired) electrons. The van der Waals surface area contributed by atoms with Crippen molar-refractivity contribution < 1.29 is 9.15 Å². The Morgan fingerprint density at radius 2 is 1.73 bits per heavy atom.